The molecule has 1 rings (SSSR count). The Morgan fingerprint density at radius 3 is 1.61 bits per heavy atom. The van der Waals surface area contributed by atoms with Crippen molar-refractivity contribution in [2.24, 2.45) is 0 Å². The van der Waals surface area contributed by atoms with Crippen LogP contribution < -0.4 is 0 Å². The quantitative estimate of drug-likeness (QED) is 0.266. The van der Waals surface area contributed by atoms with Crippen molar-refractivity contribution in [3.8, 4) is 5.75 Å². The summed E-state index contributed by atoms with van der Waals surface area (Å²) in [5.41, 5.74) is 0.826. The molecule has 31 heavy (non-hydrogen) atoms. The SMILES string of the molecule is CCCCCCCCS(=O)(=O)Cc1ccc(O)c(CS(=O)(=O)CCCCCCCC)c1. The Labute approximate surface area is 190 Å². The maximum atomic E-state index is 12.5. The van der Waals surface area contributed by atoms with Crippen molar-refractivity contribution in [3.05, 3.63) is 29.3 Å². The molecule has 1 aromatic carbocycles. The number of aromatic hydroxyl groups is 1. The average Bonchev–Trinajstić information content (AvgIpc) is 2.69. The van der Waals surface area contributed by atoms with Gasteiger partial charge in [-0.05, 0) is 24.5 Å². The van der Waals surface area contributed by atoms with Crippen molar-refractivity contribution in [1.29, 1.82) is 0 Å². The maximum Gasteiger partial charge on any atom is 0.154 e. The lowest BCUT2D eigenvalue weighted by Gasteiger charge is -2.10. The number of unbranched alkanes of at least 4 members (excludes halogenated alkanes) is 10. The van der Waals surface area contributed by atoms with Gasteiger partial charge < -0.3 is 5.11 Å². The van der Waals surface area contributed by atoms with Crippen LogP contribution in [-0.2, 0) is 31.2 Å². The lowest BCUT2D eigenvalue weighted by Crippen LogP contribution is -2.12. The summed E-state index contributed by atoms with van der Waals surface area (Å²) in [5, 5.41) is 10.1. The Bertz CT molecular complexity index is 830. The van der Waals surface area contributed by atoms with E-state index in [1.165, 1.54) is 25.0 Å². The summed E-state index contributed by atoms with van der Waals surface area (Å²) in [6.45, 7) is 4.29. The third-order valence-corrected chi connectivity index (χ3v) is 8.87. The molecular weight excluding hydrogens is 432 g/mol. The predicted molar refractivity (Wildman–Crippen MR) is 130 cm³/mol. The van der Waals surface area contributed by atoms with Gasteiger partial charge in [-0.3, -0.25) is 0 Å². The van der Waals surface area contributed by atoms with E-state index in [9.17, 15) is 21.9 Å². The van der Waals surface area contributed by atoms with Gasteiger partial charge in [0.25, 0.3) is 0 Å². The van der Waals surface area contributed by atoms with Crippen LogP contribution in [0.25, 0.3) is 0 Å². The van der Waals surface area contributed by atoms with Gasteiger partial charge in [0.1, 0.15) is 5.75 Å². The van der Waals surface area contributed by atoms with Crippen LogP contribution in [0.3, 0.4) is 0 Å². The van der Waals surface area contributed by atoms with Gasteiger partial charge in [-0.25, -0.2) is 16.8 Å². The minimum atomic E-state index is -3.35. The molecule has 0 bridgehead atoms. The summed E-state index contributed by atoms with van der Waals surface area (Å²) in [5.74, 6) is -0.222. The zero-order valence-corrected chi connectivity index (χ0v) is 21.1. The number of phenolic OH excluding ortho intramolecular Hbond substituents is 1. The maximum absolute atomic E-state index is 12.5. The van der Waals surface area contributed by atoms with Crippen LogP contribution in [-0.4, -0.2) is 33.4 Å². The third-order valence-electron chi connectivity index (χ3n) is 5.52. The molecule has 0 heterocycles. The number of phenols is 1. The molecule has 180 valence electrons. The molecule has 0 fully saturated rings. The van der Waals surface area contributed by atoms with Crippen LogP contribution >= 0.6 is 0 Å². The molecule has 0 spiro atoms. The Morgan fingerprint density at radius 2 is 1.10 bits per heavy atom. The van der Waals surface area contributed by atoms with E-state index in [0.29, 0.717) is 24.0 Å². The van der Waals surface area contributed by atoms with Crippen molar-refractivity contribution in [3.63, 3.8) is 0 Å². The minimum Gasteiger partial charge on any atom is -0.508 e. The summed E-state index contributed by atoms with van der Waals surface area (Å²) in [6, 6.07) is 4.51. The van der Waals surface area contributed by atoms with E-state index < -0.39 is 19.7 Å². The topological polar surface area (TPSA) is 88.5 Å². The average molecular weight is 475 g/mol. The molecule has 7 heteroatoms. The van der Waals surface area contributed by atoms with E-state index >= 15 is 0 Å². The first-order valence-corrected chi connectivity index (χ1v) is 15.5. The first kappa shape index (κ1) is 28.0. The monoisotopic (exact) mass is 474 g/mol. The van der Waals surface area contributed by atoms with Gasteiger partial charge >= 0.3 is 0 Å². The smallest absolute Gasteiger partial charge is 0.154 e. The molecule has 0 atom stereocenters. The summed E-state index contributed by atoms with van der Waals surface area (Å²) in [6.07, 6.45) is 12.1. The molecule has 0 aliphatic rings. The fraction of sp³-hybridized carbons (Fsp3) is 0.750. The van der Waals surface area contributed by atoms with Gasteiger partial charge in [-0.15, -0.1) is 0 Å². The minimum absolute atomic E-state index is 0.0939. The standard InChI is InChI=1S/C24H42O5S2/c1-3-5-7-9-11-13-17-30(26,27)20-22-15-16-24(25)23(19-22)21-31(28,29)18-14-12-10-8-6-4-2/h15-16,19,25H,3-14,17-18,20-21H2,1-2H3. The van der Waals surface area contributed by atoms with Crippen molar-refractivity contribution >= 4 is 19.7 Å². The highest BCUT2D eigenvalue weighted by Gasteiger charge is 2.17. The lowest BCUT2D eigenvalue weighted by atomic mass is 10.1. The van der Waals surface area contributed by atoms with Crippen LogP contribution in [0.1, 0.15) is 102 Å². The molecule has 1 N–H and O–H groups in total. The zero-order valence-electron chi connectivity index (χ0n) is 19.4. The molecular formula is C24H42O5S2. The molecule has 5 nitrogen and oxygen atoms in total. The molecule has 0 aliphatic carbocycles. The van der Waals surface area contributed by atoms with Gasteiger partial charge in [-0.2, -0.15) is 0 Å². The van der Waals surface area contributed by atoms with E-state index in [-0.39, 0.29) is 28.8 Å². The van der Waals surface area contributed by atoms with Gasteiger partial charge in [-0.1, -0.05) is 90.2 Å². The highest BCUT2D eigenvalue weighted by atomic mass is 32.2. The lowest BCUT2D eigenvalue weighted by molar-refractivity contribution is 0.469. The summed E-state index contributed by atoms with van der Waals surface area (Å²) in [4.78, 5) is 0. The second-order valence-electron chi connectivity index (χ2n) is 8.68. The van der Waals surface area contributed by atoms with E-state index in [2.05, 4.69) is 13.8 Å². The van der Waals surface area contributed by atoms with Crippen LogP contribution in [0, 0.1) is 0 Å². The Hall–Kier alpha value is -1.08. The number of rotatable bonds is 18. The summed E-state index contributed by atoms with van der Waals surface area (Å²) in [7, 11) is -6.60. The van der Waals surface area contributed by atoms with Crippen molar-refractivity contribution in [2.45, 2.75) is 102 Å². The molecule has 0 aliphatic heterocycles. The number of benzene rings is 1. The van der Waals surface area contributed by atoms with Crippen molar-refractivity contribution in [2.75, 3.05) is 11.5 Å². The van der Waals surface area contributed by atoms with Crippen LogP contribution in [0.4, 0.5) is 0 Å². The second kappa shape index (κ2) is 14.9. The molecule has 0 radical (unpaired) electrons. The molecule has 0 unspecified atom stereocenters. The first-order chi connectivity index (χ1) is 14.7. The van der Waals surface area contributed by atoms with Crippen molar-refractivity contribution < 1.29 is 21.9 Å². The summed E-state index contributed by atoms with van der Waals surface area (Å²) >= 11 is 0. The molecule has 0 saturated heterocycles. The Morgan fingerprint density at radius 1 is 0.645 bits per heavy atom. The van der Waals surface area contributed by atoms with Gasteiger partial charge in [0.15, 0.2) is 19.7 Å². The molecule has 0 saturated carbocycles. The highest BCUT2D eigenvalue weighted by Crippen LogP contribution is 2.23. The Balaban J connectivity index is 2.57. The highest BCUT2D eigenvalue weighted by molar-refractivity contribution is 7.90. The third kappa shape index (κ3) is 13.2. The molecule has 0 amide bonds. The van der Waals surface area contributed by atoms with E-state index in [1.54, 1.807) is 6.07 Å². The van der Waals surface area contributed by atoms with Crippen LogP contribution in [0.5, 0.6) is 5.75 Å². The first-order valence-electron chi connectivity index (χ1n) is 11.9. The van der Waals surface area contributed by atoms with Crippen LogP contribution in [0.2, 0.25) is 0 Å². The molecule has 0 aromatic heterocycles. The van der Waals surface area contributed by atoms with Crippen LogP contribution in [0.15, 0.2) is 18.2 Å². The summed E-state index contributed by atoms with van der Waals surface area (Å²) < 4.78 is 49.8. The zero-order chi connectivity index (χ0) is 23.2. The number of sulfone groups is 2. The number of hydrogen-bond donors (Lipinski definition) is 1. The number of hydrogen-bond acceptors (Lipinski definition) is 5. The second-order valence-corrected chi connectivity index (χ2v) is 13.1. The van der Waals surface area contributed by atoms with E-state index in [1.807, 2.05) is 0 Å². The van der Waals surface area contributed by atoms with E-state index in [4.69, 9.17) is 0 Å². The predicted octanol–water partition coefficient (Wildman–Crippen LogP) is 5.94. The van der Waals surface area contributed by atoms with Gasteiger partial charge in [0, 0.05) is 5.56 Å². The fourth-order valence-electron chi connectivity index (χ4n) is 3.68. The normalized spacial score (nSPS) is 12.3. The largest absolute Gasteiger partial charge is 0.508 e. The van der Waals surface area contributed by atoms with Crippen molar-refractivity contribution in [1.82, 2.24) is 0 Å². The Kier molecular flexibility index (Phi) is 13.4. The van der Waals surface area contributed by atoms with Gasteiger partial charge in [0.05, 0.1) is 23.0 Å². The molecule has 1 aromatic rings. The van der Waals surface area contributed by atoms with Gasteiger partial charge in [0.2, 0.25) is 0 Å². The fourth-order valence-corrected chi connectivity index (χ4v) is 6.65. The van der Waals surface area contributed by atoms with E-state index in [0.717, 1.165) is 51.4 Å².